The number of nitrogens with two attached hydrogens (primary N) is 2. The Labute approximate surface area is 465 Å². The molecular formula is C31H53N3O43S6. The zero-order valence-corrected chi connectivity index (χ0v) is 45.7. The third kappa shape index (κ3) is 19.5. The predicted octanol–water partition coefficient (Wildman–Crippen LogP) is -12.6. The molecular weight excluding hydrogens is 1290 g/mol. The molecule has 0 aromatic rings. The number of carboxylic acid groups (broad SMARTS) is 2. The van der Waals surface area contributed by atoms with E-state index in [9.17, 15) is 124 Å². The van der Waals surface area contributed by atoms with Crippen molar-refractivity contribution in [1.29, 1.82) is 0 Å². The van der Waals surface area contributed by atoms with E-state index < -0.39 is 247 Å². The molecule has 486 valence electrons. The fraction of sp³-hybridized carbons (Fsp3) is 0.935. The van der Waals surface area contributed by atoms with E-state index in [1.807, 2.05) is 0 Å². The van der Waals surface area contributed by atoms with Crippen LogP contribution in [0.2, 0.25) is 0 Å². The van der Waals surface area contributed by atoms with Crippen molar-refractivity contribution in [3.8, 4) is 0 Å². The highest BCUT2D eigenvalue weighted by molar-refractivity contribution is 7.83. The topological polar surface area (TPSA) is 725 Å². The molecule has 0 amide bonds. The molecule has 25 atom stereocenters. The molecule has 5 fully saturated rings. The number of hydrogen-bond donors (Lipinski definition) is 17. The Bertz CT molecular complexity index is 2940. The number of aliphatic hydroxyl groups excluding tert-OH is 6. The van der Waals surface area contributed by atoms with Gasteiger partial charge in [0, 0.05) is 7.11 Å². The minimum absolute atomic E-state index is 0.788. The van der Waals surface area contributed by atoms with Crippen LogP contribution in [0, 0.1) is 0 Å². The quantitative estimate of drug-likeness (QED) is 0.0358. The molecule has 52 heteroatoms. The van der Waals surface area contributed by atoms with Crippen molar-refractivity contribution in [1.82, 2.24) is 4.72 Å². The van der Waals surface area contributed by atoms with E-state index in [2.05, 4.69) is 20.9 Å². The molecule has 5 aliphatic rings. The zero-order valence-electron chi connectivity index (χ0n) is 40.8. The summed E-state index contributed by atoms with van der Waals surface area (Å²) in [6.45, 7) is -4.48. The Balaban J connectivity index is 1.50. The maximum absolute atomic E-state index is 12.9. The number of hydrogen-bond acceptors (Lipinski definition) is 37. The van der Waals surface area contributed by atoms with E-state index in [-0.39, 0.29) is 0 Å². The lowest BCUT2D eigenvalue weighted by atomic mass is 9.94. The van der Waals surface area contributed by atoms with Crippen LogP contribution in [0.3, 0.4) is 0 Å². The minimum atomic E-state index is -6.00. The largest absolute Gasteiger partial charge is 0.479 e. The molecule has 0 aromatic carbocycles. The van der Waals surface area contributed by atoms with E-state index in [0.29, 0.717) is 0 Å². The Kier molecular flexibility index (Phi) is 23.5. The van der Waals surface area contributed by atoms with E-state index in [0.717, 1.165) is 7.11 Å². The lowest BCUT2D eigenvalue weighted by Gasteiger charge is -2.50. The third-order valence-electron chi connectivity index (χ3n) is 12.0. The molecule has 0 bridgehead atoms. The van der Waals surface area contributed by atoms with Gasteiger partial charge in [-0.15, -0.1) is 0 Å². The van der Waals surface area contributed by atoms with Crippen LogP contribution in [0.25, 0.3) is 0 Å². The van der Waals surface area contributed by atoms with E-state index >= 15 is 0 Å². The van der Waals surface area contributed by atoms with Crippen molar-refractivity contribution in [2.45, 2.75) is 153 Å². The lowest BCUT2D eigenvalue weighted by molar-refractivity contribution is -0.372. The van der Waals surface area contributed by atoms with Crippen molar-refractivity contribution in [3.63, 3.8) is 0 Å². The van der Waals surface area contributed by atoms with Gasteiger partial charge in [-0.2, -0.15) is 55.2 Å². The van der Waals surface area contributed by atoms with Crippen LogP contribution < -0.4 is 16.2 Å². The number of aliphatic carboxylic acids is 2. The van der Waals surface area contributed by atoms with Gasteiger partial charge in [-0.05, 0) is 0 Å². The summed E-state index contributed by atoms with van der Waals surface area (Å²) in [6, 6.07) is -6.78. The molecule has 83 heavy (non-hydrogen) atoms. The fourth-order valence-electron chi connectivity index (χ4n) is 8.45. The molecule has 0 radical (unpaired) electrons. The van der Waals surface area contributed by atoms with E-state index in [4.69, 9.17) is 63.4 Å². The summed E-state index contributed by atoms with van der Waals surface area (Å²) >= 11 is 0. The molecule has 0 aliphatic carbocycles. The van der Waals surface area contributed by atoms with Crippen LogP contribution >= 0.6 is 0 Å². The summed E-state index contributed by atoms with van der Waals surface area (Å²) in [4.78, 5) is 25.5. The first-order chi connectivity index (χ1) is 37.8. The average Bonchev–Trinajstić information content (AvgIpc) is 1.95. The van der Waals surface area contributed by atoms with Crippen molar-refractivity contribution in [2.24, 2.45) is 11.5 Å². The van der Waals surface area contributed by atoms with Crippen LogP contribution in [0.15, 0.2) is 0 Å². The van der Waals surface area contributed by atoms with Crippen LogP contribution in [0.5, 0.6) is 0 Å². The first-order valence-corrected chi connectivity index (χ1v) is 30.5. The van der Waals surface area contributed by atoms with Gasteiger partial charge in [0.15, 0.2) is 49.8 Å². The summed E-state index contributed by atoms with van der Waals surface area (Å²) in [5, 5.41) is 86.8. The summed E-state index contributed by atoms with van der Waals surface area (Å²) in [7, 11) is -33.0. The predicted molar refractivity (Wildman–Crippen MR) is 241 cm³/mol. The van der Waals surface area contributed by atoms with Gasteiger partial charge in [-0.1, -0.05) is 0 Å². The lowest BCUT2D eigenvalue weighted by Crippen LogP contribution is -2.70. The van der Waals surface area contributed by atoms with Gasteiger partial charge in [0.25, 0.3) is 0 Å². The summed E-state index contributed by atoms with van der Waals surface area (Å²) in [5.41, 5.74) is 12.0. The summed E-state index contributed by atoms with van der Waals surface area (Å²) in [5.74, 6) is -4.49. The standard InChI is InChI=1S/C31H53N3O43S6/c1-63-29-10(34-78(45,46)47)13(37)17(6(69-29)3-65-80(51,52)53)70-31-22(77-83(60,61)62)16(40)21(24(75-31)26(43)44)73-28-9(33)19(76-82(57,58)59)18(7(68-28)4-66-81(54,55)56)71-30-15(39)14(38)20(23(74-30)25(41)42)72-27-8(32)12(36)11(35)5(67-27)2-64-79(48,49)50/h5-24,27-31,34-40H,2-4,32-33H2,1H3,(H,41,42)(H,43,44)(H,45,46,47)(H,48,49,50)(H,51,52,53)(H,54,55,56)(H,57,58,59)(H,60,61,62)/t5-,6-,7-,8-,9-,10-,11-,12-,13-,14-,15-,16+,17-,18-,19-,20+,21?,22-,23+,24-,27-,28?,29+,30-,31-/m1/s1. The number of rotatable bonds is 26. The molecule has 5 saturated heterocycles. The number of carboxylic acids is 2. The highest BCUT2D eigenvalue weighted by Gasteiger charge is 2.60. The molecule has 5 heterocycles. The molecule has 5 rings (SSSR count). The molecule has 2 unspecified atom stereocenters. The van der Waals surface area contributed by atoms with E-state index in [1.165, 1.54) is 4.72 Å². The molecule has 0 spiro atoms. The summed E-state index contributed by atoms with van der Waals surface area (Å²) < 4.78 is 275. The second kappa shape index (κ2) is 27.4. The van der Waals surface area contributed by atoms with Gasteiger partial charge in [-0.3, -0.25) is 27.3 Å². The van der Waals surface area contributed by atoms with Gasteiger partial charge < -0.3 is 99.7 Å². The molecule has 5 aliphatic heterocycles. The van der Waals surface area contributed by atoms with Crippen LogP contribution in [0.4, 0.5) is 0 Å². The Morgan fingerprint density at radius 3 is 1.28 bits per heavy atom. The molecule has 46 nitrogen and oxygen atoms in total. The smallest absolute Gasteiger partial charge is 0.397 e. The van der Waals surface area contributed by atoms with Gasteiger partial charge >= 0.3 is 74.2 Å². The third-order valence-corrected chi connectivity index (χ3v) is 14.8. The molecule has 0 aromatic heterocycles. The van der Waals surface area contributed by atoms with Crippen LogP contribution in [0.1, 0.15) is 0 Å². The fourth-order valence-corrected chi connectivity index (χ4v) is 11.0. The first kappa shape index (κ1) is 71.2. The zero-order chi connectivity index (χ0) is 63.0. The normalized spacial score (nSPS) is 40.8. The van der Waals surface area contributed by atoms with Crippen LogP contribution in [-0.4, -0.2) is 311 Å². The molecule has 19 N–H and O–H groups in total. The molecule has 0 saturated carbocycles. The van der Waals surface area contributed by atoms with Crippen LogP contribution in [-0.2, 0) is 140 Å². The Morgan fingerprint density at radius 1 is 0.422 bits per heavy atom. The monoisotopic (exact) mass is 1350 g/mol. The minimum Gasteiger partial charge on any atom is -0.479 e. The van der Waals surface area contributed by atoms with Crippen molar-refractivity contribution in [2.75, 3.05) is 26.9 Å². The van der Waals surface area contributed by atoms with Gasteiger partial charge in [0.2, 0.25) is 0 Å². The second-order valence-corrected chi connectivity index (χ2v) is 24.2. The van der Waals surface area contributed by atoms with Gasteiger partial charge in [-0.25, -0.2) is 30.5 Å². The SMILES string of the molecule is CO[C@H]1O[C@H](COS(=O)(=O)O)[C@@H](O[C@@H]2O[C@@H](C(=O)O)C(OC3O[C@H](COS(=O)(=O)O)[C@@H](O[C@@H]4O[C@H](C(=O)O)[C@@H](O[C@H]5O[C@H](COS(=O)(=O)O)[C@@H](O)[C@H](O)[C@H]5N)[C@H](O)[C@H]4O)[C@H](OS(=O)(=O)O)[C@H]3N)[C@H](O)[C@H]2OS(=O)(=O)O)[C@H](O)[C@H]1NS(=O)(=O)O. The average molecular weight is 1350 g/mol. The maximum Gasteiger partial charge on any atom is 0.397 e. The van der Waals surface area contributed by atoms with E-state index in [1.54, 1.807) is 0 Å². The summed E-state index contributed by atoms with van der Waals surface area (Å²) in [6.07, 6.45) is -56.8. The van der Waals surface area contributed by atoms with Crippen molar-refractivity contribution < 1.29 is 197 Å². The number of nitrogens with one attached hydrogen (secondary N) is 1. The first-order valence-electron chi connectivity index (χ1n) is 22.2. The number of aliphatic hydroxyl groups is 6. The van der Waals surface area contributed by atoms with Crippen molar-refractivity contribution in [3.05, 3.63) is 0 Å². The van der Waals surface area contributed by atoms with Crippen molar-refractivity contribution >= 4 is 74.2 Å². The van der Waals surface area contributed by atoms with Gasteiger partial charge in [0.1, 0.15) is 91.5 Å². The Morgan fingerprint density at radius 2 is 0.819 bits per heavy atom. The number of methoxy groups -OCH3 is 1. The highest BCUT2D eigenvalue weighted by Crippen LogP contribution is 2.38. The highest BCUT2D eigenvalue weighted by atomic mass is 32.3. The maximum atomic E-state index is 12.9. The Hall–Kier alpha value is -2.56. The number of carbonyl (C=O) groups is 2. The second-order valence-electron chi connectivity index (χ2n) is 17.6. The number of ether oxygens (including phenoxy) is 10. The van der Waals surface area contributed by atoms with Gasteiger partial charge in [0.05, 0.1) is 31.9 Å².